The van der Waals surface area contributed by atoms with E-state index in [0.29, 0.717) is 41.0 Å². The molecular weight excluding hydrogens is 292 g/mol. The molecule has 1 aromatic heterocycles. The maximum absolute atomic E-state index is 12.2. The summed E-state index contributed by atoms with van der Waals surface area (Å²) in [5.74, 6) is 0.995. The van der Waals surface area contributed by atoms with Gasteiger partial charge in [0.25, 0.3) is 5.91 Å². The van der Waals surface area contributed by atoms with Gasteiger partial charge >= 0.3 is 0 Å². The molecule has 0 unspecified atom stereocenters. The molecule has 1 aromatic carbocycles. The molecule has 3 rings (SSSR count). The van der Waals surface area contributed by atoms with E-state index in [-0.39, 0.29) is 5.91 Å². The lowest BCUT2D eigenvalue weighted by Crippen LogP contribution is -2.12. The van der Waals surface area contributed by atoms with Crippen LogP contribution in [0.15, 0.2) is 36.7 Å². The van der Waals surface area contributed by atoms with Gasteiger partial charge in [-0.3, -0.25) is 9.78 Å². The first-order valence-electron chi connectivity index (χ1n) is 6.54. The quantitative estimate of drug-likeness (QED) is 0.926. The Labute approximate surface area is 126 Å². The topological polar surface area (TPSA) is 60.5 Å². The number of rotatable bonds is 2. The SMILES string of the molecule is O=C(Nc1ccc2c(c1)OCCCO2)c1cnccc1Cl. The molecule has 0 fully saturated rings. The van der Waals surface area contributed by atoms with Crippen LogP contribution in [0.4, 0.5) is 5.69 Å². The second kappa shape index (κ2) is 6.01. The molecule has 1 N–H and O–H groups in total. The number of nitrogens with one attached hydrogen (secondary N) is 1. The van der Waals surface area contributed by atoms with Crippen molar-refractivity contribution >= 4 is 23.2 Å². The second-order valence-corrected chi connectivity index (χ2v) is 4.93. The first-order valence-corrected chi connectivity index (χ1v) is 6.92. The minimum absolute atomic E-state index is 0.317. The summed E-state index contributed by atoms with van der Waals surface area (Å²) in [7, 11) is 0. The van der Waals surface area contributed by atoms with Gasteiger partial charge in [-0.2, -0.15) is 0 Å². The maximum Gasteiger partial charge on any atom is 0.258 e. The third kappa shape index (κ3) is 3.08. The smallest absolute Gasteiger partial charge is 0.258 e. The number of carbonyl (C=O) groups excluding carboxylic acids is 1. The number of anilines is 1. The number of benzene rings is 1. The highest BCUT2D eigenvalue weighted by molar-refractivity contribution is 6.34. The third-order valence-corrected chi connectivity index (χ3v) is 3.35. The average Bonchev–Trinajstić information content (AvgIpc) is 2.72. The van der Waals surface area contributed by atoms with E-state index in [0.717, 1.165) is 6.42 Å². The highest BCUT2D eigenvalue weighted by Gasteiger charge is 2.14. The summed E-state index contributed by atoms with van der Waals surface area (Å²) in [6, 6.07) is 6.85. The number of ether oxygens (including phenoxy) is 2. The van der Waals surface area contributed by atoms with Crippen molar-refractivity contribution in [1.82, 2.24) is 4.98 Å². The Bertz CT molecular complexity index is 676. The molecule has 0 saturated carbocycles. The zero-order valence-electron chi connectivity index (χ0n) is 11.1. The van der Waals surface area contributed by atoms with Crippen LogP contribution in [0.1, 0.15) is 16.8 Å². The van der Waals surface area contributed by atoms with Crippen LogP contribution in [0.3, 0.4) is 0 Å². The number of halogens is 1. The monoisotopic (exact) mass is 304 g/mol. The molecule has 21 heavy (non-hydrogen) atoms. The molecule has 2 aromatic rings. The van der Waals surface area contributed by atoms with E-state index in [4.69, 9.17) is 21.1 Å². The summed E-state index contributed by atoms with van der Waals surface area (Å²) in [6.45, 7) is 1.23. The van der Waals surface area contributed by atoms with Crippen molar-refractivity contribution in [3.63, 3.8) is 0 Å². The molecule has 0 bridgehead atoms. The van der Waals surface area contributed by atoms with E-state index in [1.54, 1.807) is 24.3 Å². The Morgan fingerprint density at radius 2 is 2.00 bits per heavy atom. The average molecular weight is 305 g/mol. The summed E-state index contributed by atoms with van der Waals surface area (Å²) >= 11 is 5.98. The summed E-state index contributed by atoms with van der Waals surface area (Å²) in [4.78, 5) is 16.1. The Kier molecular flexibility index (Phi) is 3.92. The van der Waals surface area contributed by atoms with Gasteiger partial charge in [0.2, 0.25) is 0 Å². The number of aromatic nitrogens is 1. The van der Waals surface area contributed by atoms with E-state index in [2.05, 4.69) is 10.3 Å². The molecule has 1 amide bonds. The normalized spacial score (nSPS) is 13.4. The zero-order valence-corrected chi connectivity index (χ0v) is 11.9. The lowest BCUT2D eigenvalue weighted by Gasteiger charge is -2.10. The van der Waals surface area contributed by atoms with Crippen LogP contribution < -0.4 is 14.8 Å². The minimum atomic E-state index is -0.317. The van der Waals surface area contributed by atoms with Crippen LogP contribution in [0.2, 0.25) is 5.02 Å². The van der Waals surface area contributed by atoms with Gasteiger partial charge in [-0.25, -0.2) is 0 Å². The first-order chi connectivity index (χ1) is 10.2. The van der Waals surface area contributed by atoms with Crippen molar-refractivity contribution in [2.45, 2.75) is 6.42 Å². The van der Waals surface area contributed by atoms with E-state index >= 15 is 0 Å². The predicted octanol–water partition coefficient (Wildman–Crippen LogP) is 3.15. The molecule has 1 aliphatic heterocycles. The Morgan fingerprint density at radius 3 is 2.81 bits per heavy atom. The zero-order chi connectivity index (χ0) is 14.7. The van der Waals surface area contributed by atoms with Crippen LogP contribution in [0, 0.1) is 0 Å². The summed E-state index contributed by atoms with van der Waals surface area (Å²) < 4.78 is 11.1. The largest absolute Gasteiger partial charge is 0.490 e. The fraction of sp³-hybridized carbons (Fsp3) is 0.200. The lowest BCUT2D eigenvalue weighted by atomic mass is 10.2. The van der Waals surface area contributed by atoms with Gasteiger partial charge in [0.1, 0.15) is 0 Å². The molecule has 0 aliphatic carbocycles. The first kappa shape index (κ1) is 13.7. The van der Waals surface area contributed by atoms with Crippen LogP contribution in [0.25, 0.3) is 0 Å². The maximum atomic E-state index is 12.2. The molecule has 0 spiro atoms. The van der Waals surface area contributed by atoms with Crippen molar-refractivity contribution in [1.29, 1.82) is 0 Å². The molecule has 6 heteroatoms. The Hall–Kier alpha value is -2.27. The highest BCUT2D eigenvalue weighted by Crippen LogP contribution is 2.32. The predicted molar refractivity (Wildman–Crippen MR) is 79.2 cm³/mol. The van der Waals surface area contributed by atoms with Gasteiger partial charge in [0.15, 0.2) is 11.5 Å². The molecule has 2 heterocycles. The van der Waals surface area contributed by atoms with Gasteiger partial charge in [-0.1, -0.05) is 11.6 Å². The summed E-state index contributed by atoms with van der Waals surface area (Å²) in [6.07, 6.45) is 3.80. The van der Waals surface area contributed by atoms with E-state index in [1.807, 2.05) is 0 Å². The van der Waals surface area contributed by atoms with Crippen LogP contribution in [-0.4, -0.2) is 24.1 Å². The number of fused-ring (bicyclic) bond motifs is 1. The lowest BCUT2D eigenvalue weighted by molar-refractivity contribution is 0.102. The van der Waals surface area contributed by atoms with Gasteiger partial charge in [-0.15, -0.1) is 0 Å². The minimum Gasteiger partial charge on any atom is -0.490 e. The van der Waals surface area contributed by atoms with Crippen LogP contribution in [-0.2, 0) is 0 Å². The van der Waals surface area contributed by atoms with Crippen molar-refractivity contribution in [3.8, 4) is 11.5 Å². The van der Waals surface area contributed by atoms with Crippen molar-refractivity contribution < 1.29 is 14.3 Å². The number of hydrogen-bond acceptors (Lipinski definition) is 4. The fourth-order valence-electron chi connectivity index (χ4n) is 1.98. The molecule has 108 valence electrons. The second-order valence-electron chi connectivity index (χ2n) is 4.52. The van der Waals surface area contributed by atoms with Gasteiger partial charge < -0.3 is 14.8 Å². The highest BCUT2D eigenvalue weighted by atomic mass is 35.5. The summed E-state index contributed by atoms with van der Waals surface area (Å²) in [5.41, 5.74) is 0.940. The molecule has 0 saturated heterocycles. The third-order valence-electron chi connectivity index (χ3n) is 3.02. The number of carbonyl (C=O) groups is 1. The number of pyridine rings is 1. The van der Waals surface area contributed by atoms with E-state index in [9.17, 15) is 4.79 Å². The molecular formula is C15H13ClN2O3. The molecule has 1 aliphatic rings. The van der Waals surface area contributed by atoms with Crippen LogP contribution >= 0.6 is 11.6 Å². The van der Waals surface area contributed by atoms with Gasteiger partial charge in [0.05, 0.1) is 23.8 Å². The molecule has 0 atom stereocenters. The van der Waals surface area contributed by atoms with Crippen molar-refractivity contribution in [2.75, 3.05) is 18.5 Å². The summed E-state index contributed by atoms with van der Waals surface area (Å²) in [5, 5.41) is 3.13. The van der Waals surface area contributed by atoms with Crippen LogP contribution in [0.5, 0.6) is 11.5 Å². The standard InChI is InChI=1S/C15H13ClN2O3/c16-12-4-5-17-9-11(12)15(19)18-10-2-3-13-14(8-10)21-7-1-6-20-13/h2-5,8-9H,1,6-7H2,(H,18,19). The van der Waals surface area contributed by atoms with E-state index < -0.39 is 0 Å². The molecule has 0 radical (unpaired) electrons. The van der Waals surface area contributed by atoms with Gasteiger partial charge in [-0.05, 0) is 18.2 Å². The van der Waals surface area contributed by atoms with Crippen molar-refractivity contribution in [2.24, 2.45) is 0 Å². The Balaban J connectivity index is 1.81. The fourth-order valence-corrected chi connectivity index (χ4v) is 2.18. The van der Waals surface area contributed by atoms with E-state index in [1.165, 1.54) is 12.4 Å². The van der Waals surface area contributed by atoms with Crippen molar-refractivity contribution in [3.05, 3.63) is 47.2 Å². The number of amides is 1. The molecule has 5 nitrogen and oxygen atoms in total. The number of nitrogens with zero attached hydrogens (tertiary/aromatic N) is 1. The Morgan fingerprint density at radius 1 is 1.19 bits per heavy atom. The number of hydrogen-bond donors (Lipinski definition) is 1. The van der Waals surface area contributed by atoms with Gasteiger partial charge in [0, 0.05) is 30.6 Å².